The number of aromatic nitrogens is 1. The molecule has 2 aromatic rings. The van der Waals surface area contributed by atoms with E-state index >= 15 is 0 Å². The number of methoxy groups -OCH3 is 2. The normalized spacial score (nSPS) is 15.3. The summed E-state index contributed by atoms with van der Waals surface area (Å²) in [5, 5.41) is 3.97. The predicted molar refractivity (Wildman–Crippen MR) is 103 cm³/mol. The van der Waals surface area contributed by atoms with Crippen molar-refractivity contribution in [2.75, 3.05) is 33.9 Å². The molecule has 3 rings (SSSR count). The minimum Gasteiger partial charge on any atom is -0.497 e. The Labute approximate surface area is 158 Å². The van der Waals surface area contributed by atoms with E-state index in [1.54, 1.807) is 25.6 Å². The number of nitrogens with one attached hydrogen (secondary N) is 1. The highest BCUT2D eigenvalue weighted by atomic mass is 32.1. The van der Waals surface area contributed by atoms with E-state index in [0.717, 1.165) is 41.5 Å². The van der Waals surface area contributed by atoms with Crippen molar-refractivity contribution >= 4 is 17.2 Å². The standard InChI is InChI=1S/C19H25N3O3S/c1-13(12-24-2)20-18(23)11-22-8-7-16-17(10-22)26-19(21-16)14-5-4-6-15(9-14)25-3/h4-6,9,13H,7-8,10-12H2,1-3H3,(H,20,23)/t13-/m0/s1. The monoisotopic (exact) mass is 375 g/mol. The molecule has 1 aliphatic rings. The molecule has 0 saturated carbocycles. The topological polar surface area (TPSA) is 63.7 Å². The lowest BCUT2D eigenvalue weighted by Crippen LogP contribution is -2.43. The number of thiazole rings is 1. The second-order valence-corrected chi connectivity index (χ2v) is 7.59. The summed E-state index contributed by atoms with van der Waals surface area (Å²) in [6, 6.07) is 7.99. The molecular formula is C19H25N3O3S. The lowest BCUT2D eigenvalue weighted by Gasteiger charge is -2.25. The number of hydrogen-bond donors (Lipinski definition) is 1. The maximum absolute atomic E-state index is 12.2. The predicted octanol–water partition coefficient (Wildman–Crippen LogP) is 2.33. The Hall–Kier alpha value is -1.96. The fourth-order valence-corrected chi connectivity index (χ4v) is 4.22. The number of carbonyl (C=O) groups is 1. The molecule has 0 unspecified atom stereocenters. The fourth-order valence-electron chi connectivity index (χ4n) is 3.08. The van der Waals surface area contributed by atoms with Crippen LogP contribution in [-0.4, -0.2) is 55.7 Å². The number of rotatable bonds is 7. The summed E-state index contributed by atoms with van der Waals surface area (Å²) in [4.78, 5) is 20.4. The Morgan fingerprint density at radius 2 is 2.27 bits per heavy atom. The Bertz CT molecular complexity index is 762. The van der Waals surface area contributed by atoms with Gasteiger partial charge in [0.05, 0.1) is 26.0 Å². The molecule has 1 aromatic carbocycles. The Kier molecular flexibility index (Phi) is 6.24. The van der Waals surface area contributed by atoms with Gasteiger partial charge in [0.1, 0.15) is 10.8 Å². The Balaban J connectivity index is 1.64. The second kappa shape index (κ2) is 8.62. The minimum absolute atomic E-state index is 0.0240. The number of hydrogen-bond acceptors (Lipinski definition) is 6. The van der Waals surface area contributed by atoms with Gasteiger partial charge in [-0.3, -0.25) is 9.69 Å². The van der Waals surface area contributed by atoms with Crippen LogP contribution in [0, 0.1) is 0 Å². The van der Waals surface area contributed by atoms with Gasteiger partial charge in [-0.1, -0.05) is 12.1 Å². The summed E-state index contributed by atoms with van der Waals surface area (Å²) < 4.78 is 10.4. The average Bonchev–Trinajstić information content (AvgIpc) is 3.05. The van der Waals surface area contributed by atoms with Crippen LogP contribution < -0.4 is 10.1 Å². The van der Waals surface area contributed by atoms with Crippen LogP contribution in [-0.2, 0) is 22.5 Å². The summed E-state index contributed by atoms with van der Waals surface area (Å²) in [7, 11) is 3.31. The van der Waals surface area contributed by atoms with Crippen molar-refractivity contribution in [3.05, 3.63) is 34.8 Å². The number of ether oxygens (including phenoxy) is 2. The summed E-state index contributed by atoms with van der Waals surface area (Å²) in [6.45, 7) is 4.48. The summed E-state index contributed by atoms with van der Waals surface area (Å²) in [5.74, 6) is 0.870. The van der Waals surface area contributed by atoms with Crippen molar-refractivity contribution in [3.8, 4) is 16.3 Å². The van der Waals surface area contributed by atoms with Gasteiger partial charge in [-0.25, -0.2) is 4.98 Å². The van der Waals surface area contributed by atoms with E-state index in [0.29, 0.717) is 13.2 Å². The smallest absolute Gasteiger partial charge is 0.234 e. The van der Waals surface area contributed by atoms with Crippen molar-refractivity contribution in [2.24, 2.45) is 0 Å². The minimum atomic E-state index is 0.0240. The van der Waals surface area contributed by atoms with Gasteiger partial charge in [-0.2, -0.15) is 0 Å². The van der Waals surface area contributed by atoms with Crippen molar-refractivity contribution in [1.29, 1.82) is 0 Å². The van der Waals surface area contributed by atoms with Crippen LogP contribution in [0.2, 0.25) is 0 Å². The van der Waals surface area contributed by atoms with Crippen LogP contribution in [0.25, 0.3) is 10.6 Å². The molecule has 1 aliphatic heterocycles. The van der Waals surface area contributed by atoms with Crippen molar-refractivity contribution in [2.45, 2.75) is 25.9 Å². The molecular weight excluding hydrogens is 350 g/mol. The van der Waals surface area contributed by atoms with Gasteiger partial charge in [0.25, 0.3) is 0 Å². The third-order valence-electron chi connectivity index (χ3n) is 4.32. The van der Waals surface area contributed by atoms with Crippen LogP contribution in [0.5, 0.6) is 5.75 Å². The molecule has 1 atom stereocenters. The fraction of sp³-hybridized carbons (Fsp3) is 0.474. The number of amides is 1. The quantitative estimate of drug-likeness (QED) is 0.805. The Morgan fingerprint density at radius 3 is 3.04 bits per heavy atom. The highest BCUT2D eigenvalue weighted by molar-refractivity contribution is 7.15. The van der Waals surface area contributed by atoms with Gasteiger partial charge < -0.3 is 14.8 Å². The van der Waals surface area contributed by atoms with E-state index in [1.165, 1.54) is 4.88 Å². The molecule has 0 spiro atoms. The lowest BCUT2D eigenvalue weighted by molar-refractivity contribution is -0.123. The van der Waals surface area contributed by atoms with Crippen LogP contribution in [0.15, 0.2) is 24.3 Å². The van der Waals surface area contributed by atoms with E-state index in [4.69, 9.17) is 14.5 Å². The maximum Gasteiger partial charge on any atom is 0.234 e. The van der Waals surface area contributed by atoms with Crippen molar-refractivity contribution in [1.82, 2.24) is 15.2 Å². The first-order chi connectivity index (χ1) is 12.6. The molecule has 0 bridgehead atoms. The van der Waals surface area contributed by atoms with Gasteiger partial charge in [0.2, 0.25) is 5.91 Å². The van der Waals surface area contributed by atoms with Gasteiger partial charge in [0.15, 0.2) is 0 Å². The largest absolute Gasteiger partial charge is 0.497 e. The first kappa shape index (κ1) is 18.8. The van der Waals surface area contributed by atoms with Crippen LogP contribution in [0.3, 0.4) is 0 Å². The third-order valence-corrected chi connectivity index (χ3v) is 5.45. The molecule has 6 nitrogen and oxygen atoms in total. The molecule has 140 valence electrons. The number of carbonyl (C=O) groups excluding carboxylic acids is 1. The molecule has 2 heterocycles. The zero-order chi connectivity index (χ0) is 18.5. The summed E-state index contributed by atoms with van der Waals surface area (Å²) >= 11 is 1.70. The molecule has 1 aromatic heterocycles. The summed E-state index contributed by atoms with van der Waals surface area (Å²) in [6.07, 6.45) is 0.872. The van der Waals surface area contributed by atoms with E-state index in [2.05, 4.69) is 16.3 Å². The van der Waals surface area contributed by atoms with E-state index in [1.807, 2.05) is 25.1 Å². The zero-order valence-electron chi connectivity index (χ0n) is 15.4. The average molecular weight is 375 g/mol. The lowest BCUT2D eigenvalue weighted by atomic mass is 10.1. The highest BCUT2D eigenvalue weighted by Gasteiger charge is 2.23. The van der Waals surface area contributed by atoms with Gasteiger partial charge in [-0.05, 0) is 19.1 Å². The molecule has 26 heavy (non-hydrogen) atoms. The first-order valence-corrected chi connectivity index (χ1v) is 9.54. The van der Waals surface area contributed by atoms with Gasteiger partial charge in [-0.15, -0.1) is 11.3 Å². The molecule has 0 fully saturated rings. The molecule has 7 heteroatoms. The van der Waals surface area contributed by atoms with E-state index in [9.17, 15) is 4.79 Å². The molecule has 1 amide bonds. The summed E-state index contributed by atoms with van der Waals surface area (Å²) in [5.41, 5.74) is 2.22. The number of benzene rings is 1. The highest BCUT2D eigenvalue weighted by Crippen LogP contribution is 2.32. The van der Waals surface area contributed by atoms with Gasteiger partial charge in [0, 0.05) is 43.1 Å². The third kappa shape index (κ3) is 4.60. The van der Waals surface area contributed by atoms with Crippen LogP contribution >= 0.6 is 11.3 Å². The second-order valence-electron chi connectivity index (χ2n) is 6.51. The van der Waals surface area contributed by atoms with E-state index < -0.39 is 0 Å². The Morgan fingerprint density at radius 1 is 1.42 bits per heavy atom. The SMILES string of the molecule is COC[C@H](C)NC(=O)CN1CCc2nc(-c3cccc(OC)c3)sc2C1. The van der Waals surface area contributed by atoms with Crippen LogP contribution in [0.4, 0.5) is 0 Å². The zero-order valence-corrected chi connectivity index (χ0v) is 16.3. The first-order valence-electron chi connectivity index (χ1n) is 8.72. The molecule has 0 radical (unpaired) electrons. The molecule has 0 aliphatic carbocycles. The number of nitrogens with zero attached hydrogens (tertiary/aromatic N) is 2. The van der Waals surface area contributed by atoms with Gasteiger partial charge >= 0.3 is 0 Å². The van der Waals surface area contributed by atoms with Crippen molar-refractivity contribution < 1.29 is 14.3 Å². The number of fused-ring (bicyclic) bond motifs is 1. The maximum atomic E-state index is 12.2. The van der Waals surface area contributed by atoms with E-state index in [-0.39, 0.29) is 11.9 Å². The molecule has 1 N–H and O–H groups in total. The van der Waals surface area contributed by atoms with Crippen LogP contribution in [0.1, 0.15) is 17.5 Å². The molecule has 0 saturated heterocycles. The van der Waals surface area contributed by atoms with Crippen molar-refractivity contribution in [3.63, 3.8) is 0 Å².